The van der Waals surface area contributed by atoms with Gasteiger partial charge in [0.15, 0.2) is 0 Å². The number of Topliss-reactive ketones (excluding diaryl/α,β-unsaturated/α-hetero) is 1. The SMILES string of the molecule is CCc1ccc(C2/C(=C(\O)c3ccc(OCC(C)C)c(C)c3)C(=O)C(=O)N2CCOC)cc1. The number of hydrogen-bond donors (Lipinski definition) is 1. The molecule has 6 nitrogen and oxygen atoms in total. The highest BCUT2D eigenvalue weighted by molar-refractivity contribution is 6.46. The van der Waals surface area contributed by atoms with Gasteiger partial charge in [0, 0.05) is 19.2 Å². The molecule has 2 aromatic carbocycles. The number of methoxy groups -OCH3 is 1. The van der Waals surface area contributed by atoms with Gasteiger partial charge in [0.1, 0.15) is 11.5 Å². The number of likely N-dealkylation sites (tertiary alicyclic amines) is 1. The Morgan fingerprint density at radius 3 is 2.39 bits per heavy atom. The summed E-state index contributed by atoms with van der Waals surface area (Å²) < 4.78 is 11.0. The molecule has 0 bridgehead atoms. The fourth-order valence-electron chi connectivity index (χ4n) is 3.95. The van der Waals surface area contributed by atoms with E-state index < -0.39 is 17.7 Å². The molecule has 1 atom stereocenters. The van der Waals surface area contributed by atoms with E-state index in [1.807, 2.05) is 31.2 Å². The molecular weight excluding hydrogens is 418 g/mol. The second-order valence-electron chi connectivity index (χ2n) is 8.77. The molecule has 6 heteroatoms. The average Bonchev–Trinajstić information content (AvgIpc) is 3.06. The summed E-state index contributed by atoms with van der Waals surface area (Å²) in [4.78, 5) is 27.4. The molecule has 1 saturated heterocycles. The zero-order valence-corrected chi connectivity index (χ0v) is 20.1. The lowest BCUT2D eigenvalue weighted by Gasteiger charge is -2.25. The predicted molar refractivity (Wildman–Crippen MR) is 128 cm³/mol. The van der Waals surface area contributed by atoms with E-state index in [2.05, 4.69) is 20.8 Å². The zero-order chi connectivity index (χ0) is 24.1. The van der Waals surface area contributed by atoms with Gasteiger partial charge in [-0.2, -0.15) is 0 Å². The van der Waals surface area contributed by atoms with Gasteiger partial charge in [0.05, 0.1) is 24.8 Å². The van der Waals surface area contributed by atoms with E-state index in [4.69, 9.17) is 9.47 Å². The van der Waals surface area contributed by atoms with E-state index >= 15 is 0 Å². The van der Waals surface area contributed by atoms with Gasteiger partial charge in [-0.15, -0.1) is 0 Å². The topological polar surface area (TPSA) is 76.1 Å². The molecule has 2 aromatic rings. The predicted octanol–water partition coefficient (Wildman–Crippen LogP) is 4.66. The molecule has 1 amide bonds. The van der Waals surface area contributed by atoms with E-state index in [1.54, 1.807) is 25.3 Å². The van der Waals surface area contributed by atoms with Crippen molar-refractivity contribution in [1.82, 2.24) is 4.90 Å². The molecule has 1 aliphatic rings. The molecule has 33 heavy (non-hydrogen) atoms. The minimum absolute atomic E-state index is 0.0931. The molecule has 0 radical (unpaired) electrons. The summed E-state index contributed by atoms with van der Waals surface area (Å²) in [6.07, 6.45) is 0.884. The number of hydrogen-bond acceptors (Lipinski definition) is 5. The summed E-state index contributed by atoms with van der Waals surface area (Å²) in [5.74, 6) is -0.388. The van der Waals surface area contributed by atoms with Gasteiger partial charge in [-0.05, 0) is 54.2 Å². The number of aryl methyl sites for hydroxylation is 2. The molecule has 1 aliphatic heterocycles. The first kappa shape index (κ1) is 24.5. The Bertz CT molecular complexity index is 1040. The van der Waals surface area contributed by atoms with E-state index in [1.165, 1.54) is 4.90 Å². The molecule has 1 fully saturated rings. The average molecular weight is 452 g/mol. The van der Waals surface area contributed by atoms with Crippen molar-refractivity contribution in [3.63, 3.8) is 0 Å². The lowest BCUT2D eigenvalue weighted by Crippen LogP contribution is -2.32. The van der Waals surface area contributed by atoms with E-state index in [-0.39, 0.29) is 24.5 Å². The van der Waals surface area contributed by atoms with Gasteiger partial charge in [0.25, 0.3) is 11.7 Å². The summed E-state index contributed by atoms with van der Waals surface area (Å²) in [6, 6.07) is 12.4. The largest absolute Gasteiger partial charge is 0.507 e. The maximum Gasteiger partial charge on any atom is 0.295 e. The van der Waals surface area contributed by atoms with Crippen LogP contribution in [0, 0.1) is 12.8 Å². The normalized spacial score (nSPS) is 17.8. The summed E-state index contributed by atoms with van der Waals surface area (Å²) in [7, 11) is 1.55. The summed E-state index contributed by atoms with van der Waals surface area (Å²) in [6.45, 7) is 9.23. The quantitative estimate of drug-likeness (QED) is 0.341. The van der Waals surface area contributed by atoms with Crippen LogP contribution >= 0.6 is 0 Å². The molecule has 176 valence electrons. The molecule has 0 aliphatic carbocycles. The molecule has 0 aromatic heterocycles. The monoisotopic (exact) mass is 451 g/mol. The summed E-state index contributed by atoms with van der Waals surface area (Å²) in [5, 5.41) is 11.2. The van der Waals surface area contributed by atoms with Crippen LogP contribution in [0.3, 0.4) is 0 Å². The Morgan fingerprint density at radius 2 is 1.82 bits per heavy atom. The van der Waals surface area contributed by atoms with Crippen LogP contribution in [0.5, 0.6) is 5.75 Å². The third-order valence-electron chi connectivity index (χ3n) is 5.80. The Labute approximate surface area is 195 Å². The standard InChI is InChI=1S/C27H33NO5/c1-6-19-7-9-20(10-8-19)24-23(26(30)27(31)28(24)13-14-32-5)25(29)21-11-12-22(18(4)15-21)33-16-17(2)3/h7-12,15,17,24,29H,6,13-14,16H2,1-5H3/b25-23+. The van der Waals surface area contributed by atoms with Crippen molar-refractivity contribution in [2.24, 2.45) is 5.92 Å². The number of nitrogens with zero attached hydrogens (tertiary/aromatic N) is 1. The number of ether oxygens (including phenoxy) is 2. The molecule has 1 unspecified atom stereocenters. The first-order chi connectivity index (χ1) is 15.8. The van der Waals surface area contributed by atoms with E-state index in [9.17, 15) is 14.7 Å². The number of amides is 1. The lowest BCUT2D eigenvalue weighted by atomic mass is 9.94. The highest BCUT2D eigenvalue weighted by Gasteiger charge is 2.45. The van der Waals surface area contributed by atoms with Gasteiger partial charge in [-0.25, -0.2) is 0 Å². The van der Waals surface area contributed by atoms with Crippen LogP contribution in [0.15, 0.2) is 48.0 Å². The highest BCUT2D eigenvalue weighted by atomic mass is 16.5. The maximum atomic E-state index is 13.1. The number of aliphatic hydroxyl groups is 1. The smallest absolute Gasteiger partial charge is 0.295 e. The number of carbonyl (C=O) groups is 2. The molecule has 0 spiro atoms. The first-order valence-electron chi connectivity index (χ1n) is 11.4. The van der Waals surface area contributed by atoms with Crippen molar-refractivity contribution in [3.05, 3.63) is 70.3 Å². The Balaban J connectivity index is 2.06. The summed E-state index contributed by atoms with van der Waals surface area (Å²) >= 11 is 0. The van der Waals surface area contributed by atoms with Crippen LogP contribution in [0.2, 0.25) is 0 Å². The maximum absolute atomic E-state index is 13.1. The first-order valence-corrected chi connectivity index (χ1v) is 11.4. The molecule has 3 rings (SSSR count). The van der Waals surface area contributed by atoms with Crippen LogP contribution in [-0.4, -0.2) is 48.6 Å². The van der Waals surface area contributed by atoms with Gasteiger partial charge >= 0.3 is 0 Å². The minimum Gasteiger partial charge on any atom is -0.507 e. The van der Waals surface area contributed by atoms with Crippen molar-refractivity contribution in [3.8, 4) is 5.75 Å². The molecule has 1 heterocycles. The van der Waals surface area contributed by atoms with Crippen LogP contribution in [-0.2, 0) is 20.7 Å². The second kappa shape index (κ2) is 10.7. The number of carbonyl (C=O) groups excluding carboxylic acids is 2. The zero-order valence-electron chi connectivity index (χ0n) is 20.1. The lowest BCUT2D eigenvalue weighted by molar-refractivity contribution is -0.140. The second-order valence-corrected chi connectivity index (χ2v) is 8.77. The van der Waals surface area contributed by atoms with E-state index in [0.717, 1.165) is 28.9 Å². The Kier molecular flexibility index (Phi) is 7.92. The van der Waals surface area contributed by atoms with Crippen LogP contribution < -0.4 is 4.74 Å². The third-order valence-corrected chi connectivity index (χ3v) is 5.80. The van der Waals surface area contributed by atoms with E-state index in [0.29, 0.717) is 18.1 Å². The fraction of sp³-hybridized carbons (Fsp3) is 0.407. The Morgan fingerprint density at radius 1 is 1.12 bits per heavy atom. The van der Waals surface area contributed by atoms with Crippen molar-refractivity contribution in [2.75, 3.05) is 26.9 Å². The van der Waals surface area contributed by atoms with Gasteiger partial charge in [0.2, 0.25) is 0 Å². The van der Waals surface area contributed by atoms with Gasteiger partial charge in [-0.1, -0.05) is 45.0 Å². The van der Waals surface area contributed by atoms with Crippen molar-refractivity contribution in [2.45, 2.75) is 40.2 Å². The summed E-state index contributed by atoms with van der Waals surface area (Å²) in [5.41, 5.74) is 3.34. The van der Waals surface area contributed by atoms with Crippen LogP contribution in [0.4, 0.5) is 0 Å². The highest BCUT2D eigenvalue weighted by Crippen LogP contribution is 2.39. The number of ketones is 1. The van der Waals surface area contributed by atoms with Gasteiger partial charge < -0.3 is 19.5 Å². The molecule has 1 N–H and O–H groups in total. The minimum atomic E-state index is -0.689. The number of benzene rings is 2. The fourth-order valence-corrected chi connectivity index (χ4v) is 3.95. The molecule has 0 saturated carbocycles. The van der Waals surface area contributed by atoms with Crippen LogP contribution in [0.25, 0.3) is 5.76 Å². The van der Waals surface area contributed by atoms with Gasteiger partial charge in [-0.3, -0.25) is 9.59 Å². The molecular formula is C27H33NO5. The van der Waals surface area contributed by atoms with Crippen molar-refractivity contribution < 1.29 is 24.2 Å². The van der Waals surface area contributed by atoms with Crippen LogP contribution in [0.1, 0.15) is 49.1 Å². The Hall–Kier alpha value is -3.12. The van der Waals surface area contributed by atoms with Crippen molar-refractivity contribution in [1.29, 1.82) is 0 Å². The number of rotatable bonds is 9. The number of aliphatic hydroxyl groups excluding tert-OH is 1. The third kappa shape index (κ3) is 5.28. The van der Waals surface area contributed by atoms with Crippen molar-refractivity contribution >= 4 is 17.4 Å².